The van der Waals surface area contributed by atoms with Gasteiger partial charge in [0.05, 0.1) is 5.69 Å². The molecule has 3 aromatic rings. The zero-order valence-electron chi connectivity index (χ0n) is 12.1. The van der Waals surface area contributed by atoms with Gasteiger partial charge < -0.3 is 18.9 Å². The molecule has 1 aromatic carbocycles. The Bertz CT molecular complexity index is 828. The van der Waals surface area contributed by atoms with Crippen LogP contribution in [-0.4, -0.2) is 16.1 Å². The Hall–Kier alpha value is -2.61. The number of rotatable bonds is 5. The number of furan rings is 1. The van der Waals surface area contributed by atoms with Gasteiger partial charge in [-0.1, -0.05) is 12.1 Å². The lowest BCUT2D eigenvalue weighted by Gasteiger charge is -2.09. The molecule has 0 radical (unpaired) electrons. The molecule has 0 atom stereocenters. The first kappa shape index (κ1) is 15.3. The molecule has 2 aromatic heterocycles. The minimum Gasteiger partial charge on any atom is -0.482 e. The van der Waals surface area contributed by atoms with E-state index in [2.05, 4.69) is 31.4 Å². The average molecular weight is 378 g/mol. The van der Waals surface area contributed by atoms with Crippen molar-refractivity contribution in [3.8, 4) is 17.4 Å². The summed E-state index contributed by atoms with van der Waals surface area (Å²) in [7, 11) is 0. The Kier molecular flexibility index (Phi) is 4.42. The maximum Gasteiger partial charge on any atom is 0.283 e. The van der Waals surface area contributed by atoms with E-state index in [1.165, 1.54) is 6.92 Å². The fourth-order valence-electron chi connectivity index (χ4n) is 1.87. The van der Waals surface area contributed by atoms with Crippen LogP contribution in [0.25, 0.3) is 11.7 Å². The summed E-state index contributed by atoms with van der Waals surface area (Å²) in [6, 6.07) is 10.5. The molecule has 0 saturated carbocycles. The molecule has 0 fully saturated rings. The third-order valence-corrected chi connectivity index (χ3v) is 3.23. The Labute approximate surface area is 139 Å². The number of hydrogen-bond donors (Lipinski definition) is 1. The number of carbonyl (C=O) groups excluding carboxylic acids is 1. The van der Waals surface area contributed by atoms with Crippen LogP contribution in [0, 0.1) is 0 Å². The average Bonchev–Trinajstić information content (AvgIpc) is 3.14. The van der Waals surface area contributed by atoms with E-state index < -0.39 is 0 Å². The quantitative estimate of drug-likeness (QED) is 0.729. The van der Waals surface area contributed by atoms with E-state index in [1.807, 2.05) is 0 Å². The molecule has 0 bridgehead atoms. The molecule has 0 unspecified atom stereocenters. The van der Waals surface area contributed by atoms with Crippen molar-refractivity contribution < 1.29 is 18.4 Å². The number of benzene rings is 1. The molecule has 2 heterocycles. The van der Waals surface area contributed by atoms with Gasteiger partial charge in [-0.15, -0.1) is 10.2 Å². The van der Waals surface area contributed by atoms with Gasteiger partial charge in [-0.25, -0.2) is 0 Å². The van der Waals surface area contributed by atoms with Crippen molar-refractivity contribution >= 4 is 27.5 Å². The third kappa shape index (κ3) is 3.78. The Balaban J connectivity index is 1.70. The summed E-state index contributed by atoms with van der Waals surface area (Å²) >= 11 is 3.21. The summed E-state index contributed by atoms with van der Waals surface area (Å²) in [6.45, 7) is 1.51. The molecular formula is C15H12BrN3O4. The number of carbonyl (C=O) groups is 1. The third-order valence-electron chi connectivity index (χ3n) is 2.80. The number of aromatic nitrogens is 2. The Morgan fingerprint density at radius 3 is 2.78 bits per heavy atom. The summed E-state index contributed by atoms with van der Waals surface area (Å²) in [5.41, 5.74) is 0.578. The van der Waals surface area contributed by atoms with E-state index in [0.717, 1.165) is 0 Å². The smallest absolute Gasteiger partial charge is 0.283 e. The SMILES string of the molecule is CC(=O)Nc1ccccc1OCc1nnc(-c2ccc(Br)o2)o1. The lowest BCUT2D eigenvalue weighted by Crippen LogP contribution is -2.07. The molecule has 0 spiro atoms. The van der Waals surface area contributed by atoms with Crippen LogP contribution in [-0.2, 0) is 11.4 Å². The van der Waals surface area contributed by atoms with Gasteiger partial charge in [-0.2, -0.15) is 0 Å². The predicted molar refractivity (Wildman–Crippen MR) is 84.8 cm³/mol. The van der Waals surface area contributed by atoms with Gasteiger partial charge in [-0.3, -0.25) is 4.79 Å². The van der Waals surface area contributed by atoms with Crippen molar-refractivity contribution in [1.29, 1.82) is 0 Å². The van der Waals surface area contributed by atoms with Gasteiger partial charge in [0.2, 0.25) is 5.91 Å². The van der Waals surface area contributed by atoms with Crippen LogP contribution in [0.3, 0.4) is 0 Å². The maximum absolute atomic E-state index is 11.2. The van der Waals surface area contributed by atoms with Crippen molar-refractivity contribution in [3.05, 3.63) is 47.0 Å². The number of hydrogen-bond acceptors (Lipinski definition) is 6. The number of amides is 1. The van der Waals surface area contributed by atoms with E-state index >= 15 is 0 Å². The summed E-state index contributed by atoms with van der Waals surface area (Å²) in [5, 5.41) is 10.5. The maximum atomic E-state index is 11.2. The molecule has 0 aliphatic carbocycles. The first-order valence-corrected chi connectivity index (χ1v) is 7.48. The molecule has 1 N–H and O–H groups in total. The molecule has 1 amide bonds. The van der Waals surface area contributed by atoms with Crippen LogP contribution >= 0.6 is 15.9 Å². The zero-order chi connectivity index (χ0) is 16.2. The second-order valence-corrected chi connectivity index (χ2v) is 5.35. The highest BCUT2D eigenvalue weighted by Gasteiger charge is 2.13. The summed E-state index contributed by atoms with van der Waals surface area (Å²) in [5.74, 6) is 1.37. The van der Waals surface area contributed by atoms with Gasteiger partial charge in [0.15, 0.2) is 17.0 Å². The first-order valence-electron chi connectivity index (χ1n) is 6.69. The van der Waals surface area contributed by atoms with Gasteiger partial charge in [0, 0.05) is 6.92 Å². The van der Waals surface area contributed by atoms with Crippen molar-refractivity contribution in [3.63, 3.8) is 0 Å². The molecule has 0 aliphatic heterocycles. The number of nitrogens with one attached hydrogen (secondary N) is 1. The van der Waals surface area contributed by atoms with Crippen molar-refractivity contribution in [1.82, 2.24) is 10.2 Å². The van der Waals surface area contributed by atoms with Crippen LogP contribution < -0.4 is 10.1 Å². The molecule has 0 saturated heterocycles. The second-order valence-electron chi connectivity index (χ2n) is 4.57. The molecule has 3 rings (SSSR count). The van der Waals surface area contributed by atoms with E-state index in [4.69, 9.17) is 13.6 Å². The Morgan fingerprint density at radius 1 is 1.22 bits per heavy atom. The number of nitrogens with zero attached hydrogens (tertiary/aromatic N) is 2. The normalized spacial score (nSPS) is 10.5. The highest BCUT2D eigenvalue weighted by molar-refractivity contribution is 9.10. The molecule has 8 heteroatoms. The van der Waals surface area contributed by atoms with E-state index in [9.17, 15) is 4.79 Å². The summed E-state index contributed by atoms with van der Waals surface area (Å²) < 4.78 is 17.0. The molecule has 118 valence electrons. The monoisotopic (exact) mass is 377 g/mol. The van der Waals surface area contributed by atoms with E-state index in [-0.39, 0.29) is 18.4 Å². The first-order chi connectivity index (χ1) is 11.1. The fraction of sp³-hybridized carbons (Fsp3) is 0.133. The van der Waals surface area contributed by atoms with Crippen LogP contribution in [0.15, 0.2) is 49.9 Å². The van der Waals surface area contributed by atoms with Crippen LogP contribution in [0.5, 0.6) is 5.75 Å². The molecule has 7 nitrogen and oxygen atoms in total. The second kappa shape index (κ2) is 6.66. The predicted octanol–water partition coefficient (Wildman–Crippen LogP) is 3.63. The summed E-state index contributed by atoms with van der Waals surface area (Å²) in [6.07, 6.45) is 0. The van der Waals surface area contributed by atoms with Gasteiger partial charge in [-0.05, 0) is 40.2 Å². The van der Waals surface area contributed by atoms with E-state index in [0.29, 0.717) is 27.8 Å². The molecule has 23 heavy (non-hydrogen) atoms. The minimum atomic E-state index is -0.176. The highest BCUT2D eigenvalue weighted by Crippen LogP contribution is 2.26. The highest BCUT2D eigenvalue weighted by atomic mass is 79.9. The van der Waals surface area contributed by atoms with Crippen LogP contribution in [0.2, 0.25) is 0 Å². The van der Waals surface area contributed by atoms with Crippen LogP contribution in [0.4, 0.5) is 5.69 Å². The lowest BCUT2D eigenvalue weighted by atomic mass is 10.3. The Morgan fingerprint density at radius 2 is 2.04 bits per heavy atom. The standard InChI is InChI=1S/C15H12BrN3O4/c1-9(20)17-10-4-2-3-5-11(10)21-8-14-18-19-15(23-14)12-6-7-13(16)22-12/h2-7H,8H2,1H3,(H,17,20). The van der Waals surface area contributed by atoms with Gasteiger partial charge >= 0.3 is 0 Å². The number of para-hydroxylation sites is 2. The van der Waals surface area contributed by atoms with Crippen LogP contribution in [0.1, 0.15) is 12.8 Å². The van der Waals surface area contributed by atoms with Gasteiger partial charge in [0.1, 0.15) is 5.75 Å². The van der Waals surface area contributed by atoms with Crippen molar-refractivity contribution in [2.75, 3.05) is 5.32 Å². The van der Waals surface area contributed by atoms with E-state index in [1.54, 1.807) is 36.4 Å². The fourth-order valence-corrected chi connectivity index (χ4v) is 2.17. The summed E-state index contributed by atoms with van der Waals surface area (Å²) in [4.78, 5) is 11.2. The number of ether oxygens (including phenoxy) is 1. The largest absolute Gasteiger partial charge is 0.482 e. The lowest BCUT2D eigenvalue weighted by molar-refractivity contribution is -0.114. The van der Waals surface area contributed by atoms with Crippen molar-refractivity contribution in [2.45, 2.75) is 13.5 Å². The number of anilines is 1. The molecule has 0 aliphatic rings. The molecular weight excluding hydrogens is 366 g/mol. The topological polar surface area (TPSA) is 90.4 Å². The minimum absolute atomic E-state index is 0.0749. The zero-order valence-corrected chi connectivity index (χ0v) is 13.7. The number of halogens is 1. The van der Waals surface area contributed by atoms with Gasteiger partial charge in [0.25, 0.3) is 11.8 Å². The van der Waals surface area contributed by atoms with Crippen molar-refractivity contribution in [2.24, 2.45) is 0 Å².